The third kappa shape index (κ3) is 4.03. The molecule has 3 amide bonds. The van der Waals surface area contributed by atoms with Crippen molar-refractivity contribution in [2.45, 2.75) is 64.6 Å². The first-order chi connectivity index (χ1) is 13.5. The Morgan fingerprint density at radius 2 is 1.72 bits per heavy atom. The van der Waals surface area contributed by atoms with E-state index in [1.807, 2.05) is 20.8 Å². The number of hydrogen-bond donors (Lipinski definition) is 2. The second-order valence-corrected chi connectivity index (χ2v) is 10.6. The number of ether oxygens (including phenoxy) is 2. The van der Waals surface area contributed by atoms with Gasteiger partial charge in [-0.1, -0.05) is 0 Å². The first kappa shape index (κ1) is 20.3. The Morgan fingerprint density at radius 1 is 1.10 bits per heavy atom. The molecule has 4 saturated carbocycles. The molecular weight excluding hydrogens is 374 g/mol. The molecule has 162 valence electrons. The molecule has 8 heteroatoms. The minimum atomic E-state index is -0.523. The minimum Gasteiger partial charge on any atom is -0.446 e. The van der Waals surface area contributed by atoms with E-state index in [2.05, 4.69) is 5.32 Å². The van der Waals surface area contributed by atoms with Gasteiger partial charge in [0.05, 0.1) is 5.41 Å². The van der Waals surface area contributed by atoms with E-state index in [1.165, 1.54) is 0 Å². The lowest BCUT2D eigenvalue weighted by molar-refractivity contribution is -0.162. The summed E-state index contributed by atoms with van der Waals surface area (Å²) in [4.78, 5) is 38.1. The number of carbonyl (C=O) groups excluding carboxylic acids is 3. The van der Waals surface area contributed by atoms with E-state index in [0.717, 1.165) is 32.1 Å². The van der Waals surface area contributed by atoms with Gasteiger partial charge in [0.25, 0.3) is 0 Å². The SMILES string of the molecule is CC(C)(C)OC(=O)NCC1CN(C(=O)OC2C3CC4CC2CC(C(N)=O)(C4)C3)C1. The summed E-state index contributed by atoms with van der Waals surface area (Å²) in [6.45, 7) is 7.10. The average molecular weight is 408 g/mol. The molecule has 0 radical (unpaired) electrons. The largest absolute Gasteiger partial charge is 0.446 e. The second-order valence-electron chi connectivity index (χ2n) is 10.6. The summed E-state index contributed by atoms with van der Waals surface area (Å²) in [5.74, 6) is 1.09. The van der Waals surface area contributed by atoms with Gasteiger partial charge in [-0.25, -0.2) is 9.59 Å². The van der Waals surface area contributed by atoms with Gasteiger partial charge >= 0.3 is 12.2 Å². The maximum Gasteiger partial charge on any atom is 0.410 e. The van der Waals surface area contributed by atoms with Crippen LogP contribution in [0.2, 0.25) is 0 Å². The standard InChI is InChI=1S/C21H33N3O5/c1-20(2,3)29-18(26)23-9-13-10-24(11-13)19(27)28-16-14-4-12-5-15(16)8-21(6-12,7-14)17(22)25/h12-16H,4-11H2,1-3H3,(H2,22,25)(H,23,26). The summed E-state index contributed by atoms with van der Waals surface area (Å²) in [5.41, 5.74) is 4.83. The van der Waals surface area contributed by atoms with Gasteiger partial charge in [0, 0.05) is 25.6 Å². The predicted octanol–water partition coefficient (Wildman–Crippen LogP) is 2.26. The van der Waals surface area contributed by atoms with Crippen molar-refractivity contribution in [2.24, 2.45) is 34.8 Å². The predicted molar refractivity (Wildman–Crippen MR) is 105 cm³/mol. The first-order valence-electron chi connectivity index (χ1n) is 10.8. The van der Waals surface area contributed by atoms with Crippen LogP contribution in [0.1, 0.15) is 52.9 Å². The summed E-state index contributed by atoms with van der Waals surface area (Å²) in [6, 6.07) is 0. The highest BCUT2D eigenvalue weighted by Crippen LogP contribution is 2.60. The minimum absolute atomic E-state index is 0.0922. The van der Waals surface area contributed by atoms with Crippen LogP contribution >= 0.6 is 0 Å². The molecule has 2 atom stereocenters. The van der Waals surface area contributed by atoms with Gasteiger partial charge < -0.3 is 25.4 Å². The van der Waals surface area contributed by atoms with Crippen molar-refractivity contribution in [1.82, 2.24) is 10.2 Å². The molecule has 4 bridgehead atoms. The number of nitrogens with zero attached hydrogens (tertiary/aromatic N) is 1. The highest BCUT2D eigenvalue weighted by molar-refractivity contribution is 5.81. The van der Waals surface area contributed by atoms with Gasteiger partial charge in [-0.3, -0.25) is 4.79 Å². The molecule has 5 aliphatic rings. The highest BCUT2D eigenvalue weighted by atomic mass is 16.6. The van der Waals surface area contributed by atoms with E-state index >= 15 is 0 Å². The summed E-state index contributed by atoms with van der Waals surface area (Å²) < 4.78 is 11.1. The highest BCUT2D eigenvalue weighted by Gasteiger charge is 2.59. The number of alkyl carbamates (subject to hydrolysis) is 1. The lowest BCUT2D eigenvalue weighted by Crippen LogP contribution is -2.60. The summed E-state index contributed by atoms with van der Waals surface area (Å²) in [6.07, 6.45) is 3.70. The Kier molecular flexibility index (Phi) is 4.94. The van der Waals surface area contributed by atoms with Gasteiger partial charge in [0.15, 0.2) is 0 Å². The molecule has 1 saturated heterocycles. The Balaban J connectivity index is 1.23. The Morgan fingerprint density at radius 3 is 2.28 bits per heavy atom. The average Bonchev–Trinajstić information content (AvgIpc) is 2.54. The number of carbonyl (C=O) groups is 3. The van der Waals surface area contributed by atoms with Crippen LogP contribution in [0.3, 0.4) is 0 Å². The molecule has 0 aromatic rings. The number of primary amides is 1. The summed E-state index contributed by atoms with van der Waals surface area (Å²) in [5, 5.41) is 2.76. The second kappa shape index (κ2) is 7.06. The third-order valence-corrected chi connectivity index (χ3v) is 7.10. The smallest absolute Gasteiger partial charge is 0.410 e. The van der Waals surface area contributed by atoms with E-state index in [9.17, 15) is 14.4 Å². The maximum absolute atomic E-state index is 12.6. The van der Waals surface area contributed by atoms with Crippen molar-refractivity contribution in [2.75, 3.05) is 19.6 Å². The van der Waals surface area contributed by atoms with E-state index in [-0.39, 0.29) is 41.3 Å². The number of nitrogens with one attached hydrogen (secondary N) is 1. The van der Waals surface area contributed by atoms with Crippen LogP contribution in [0.5, 0.6) is 0 Å². The van der Waals surface area contributed by atoms with Crippen LogP contribution in [0.25, 0.3) is 0 Å². The van der Waals surface area contributed by atoms with Crippen molar-refractivity contribution in [3.05, 3.63) is 0 Å². The van der Waals surface area contributed by atoms with Crippen LogP contribution in [-0.2, 0) is 14.3 Å². The fraction of sp³-hybridized carbons (Fsp3) is 0.857. The van der Waals surface area contributed by atoms with Crippen molar-refractivity contribution >= 4 is 18.1 Å². The van der Waals surface area contributed by atoms with Gasteiger partial charge in [0.1, 0.15) is 11.7 Å². The van der Waals surface area contributed by atoms with Crippen LogP contribution < -0.4 is 11.1 Å². The van der Waals surface area contributed by atoms with Crippen LogP contribution in [0.15, 0.2) is 0 Å². The topological polar surface area (TPSA) is 111 Å². The quantitative estimate of drug-likeness (QED) is 0.743. The molecule has 4 aliphatic carbocycles. The van der Waals surface area contributed by atoms with Crippen LogP contribution in [0, 0.1) is 29.1 Å². The van der Waals surface area contributed by atoms with Crippen LogP contribution in [-0.4, -0.2) is 54.3 Å². The van der Waals surface area contributed by atoms with Gasteiger partial charge in [-0.05, 0) is 70.6 Å². The summed E-state index contributed by atoms with van der Waals surface area (Å²) >= 11 is 0. The zero-order chi connectivity index (χ0) is 21.0. The summed E-state index contributed by atoms with van der Waals surface area (Å²) in [7, 11) is 0. The van der Waals surface area contributed by atoms with E-state index in [1.54, 1.807) is 4.90 Å². The van der Waals surface area contributed by atoms with Crippen LogP contribution in [0.4, 0.5) is 9.59 Å². The van der Waals surface area contributed by atoms with E-state index < -0.39 is 11.7 Å². The number of likely N-dealkylation sites (tertiary alicyclic amines) is 1. The molecule has 0 aromatic heterocycles. The van der Waals surface area contributed by atoms with Gasteiger partial charge in [0.2, 0.25) is 5.91 Å². The molecule has 0 aromatic carbocycles. The van der Waals surface area contributed by atoms with Crippen molar-refractivity contribution < 1.29 is 23.9 Å². The molecule has 3 N–H and O–H groups in total. The third-order valence-electron chi connectivity index (χ3n) is 7.10. The Hall–Kier alpha value is -1.99. The lowest BCUT2D eigenvalue weighted by Gasteiger charge is -2.58. The maximum atomic E-state index is 12.6. The van der Waals surface area contributed by atoms with Gasteiger partial charge in [-0.2, -0.15) is 0 Å². The Bertz CT molecular complexity index is 681. The molecule has 1 aliphatic heterocycles. The molecule has 2 unspecified atom stereocenters. The Labute approximate surface area is 171 Å². The molecule has 1 heterocycles. The lowest BCUT2D eigenvalue weighted by atomic mass is 9.48. The molecular formula is C21H33N3O5. The number of hydrogen-bond acceptors (Lipinski definition) is 5. The fourth-order valence-electron chi connectivity index (χ4n) is 6.05. The number of rotatable bonds is 4. The zero-order valence-electron chi connectivity index (χ0n) is 17.6. The van der Waals surface area contributed by atoms with Crippen molar-refractivity contribution in [3.63, 3.8) is 0 Å². The van der Waals surface area contributed by atoms with Crippen molar-refractivity contribution in [3.8, 4) is 0 Å². The first-order valence-corrected chi connectivity index (χ1v) is 10.8. The molecule has 5 fully saturated rings. The molecule has 0 spiro atoms. The number of amides is 3. The van der Waals surface area contributed by atoms with Crippen molar-refractivity contribution in [1.29, 1.82) is 0 Å². The fourth-order valence-corrected chi connectivity index (χ4v) is 6.05. The molecule has 5 rings (SSSR count). The normalized spacial score (nSPS) is 35.8. The molecule has 8 nitrogen and oxygen atoms in total. The van der Waals surface area contributed by atoms with E-state index in [4.69, 9.17) is 15.2 Å². The molecule has 29 heavy (non-hydrogen) atoms. The van der Waals surface area contributed by atoms with E-state index in [0.29, 0.717) is 25.6 Å². The van der Waals surface area contributed by atoms with Gasteiger partial charge in [-0.15, -0.1) is 0 Å². The zero-order valence-corrected chi connectivity index (χ0v) is 17.6. The monoisotopic (exact) mass is 407 g/mol. The number of nitrogens with two attached hydrogens (primary N) is 1.